The Balaban J connectivity index is 2.33. The molecule has 1 aromatic rings. The van der Waals surface area contributed by atoms with Gasteiger partial charge in [-0.1, -0.05) is 63.4 Å². The molecule has 7 nitrogen and oxygen atoms in total. The number of aromatic nitrogens is 1. The summed E-state index contributed by atoms with van der Waals surface area (Å²) in [5.41, 5.74) is 0. The number of hydrogen-bond acceptors (Lipinski definition) is 5. The molecule has 0 saturated heterocycles. The molecule has 2 amide bonds. The highest BCUT2D eigenvalue weighted by molar-refractivity contribution is 5.93. The van der Waals surface area contributed by atoms with E-state index >= 15 is 0 Å². The van der Waals surface area contributed by atoms with Crippen molar-refractivity contribution in [3.63, 3.8) is 0 Å². The van der Waals surface area contributed by atoms with Crippen LogP contribution in [0.3, 0.4) is 0 Å². The van der Waals surface area contributed by atoms with Crippen LogP contribution in [0.1, 0.15) is 76.9 Å². The smallest absolute Gasteiger partial charge is 0.245 e. The highest BCUT2D eigenvalue weighted by Crippen LogP contribution is 2.12. The number of rotatable bonds is 16. The molecule has 1 aromatic heterocycles. The fourth-order valence-electron chi connectivity index (χ4n) is 3.14. The lowest BCUT2D eigenvalue weighted by atomic mass is 10.1. The number of nitrogens with one attached hydrogen (secondary N) is 1. The van der Waals surface area contributed by atoms with Crippen molar-refractivity contribution in [3.05, 3.63) is 11.8 Å². The summed E-state index contributed by atoms with van der Waals surface area (Å²) in [6, 6.07) is 1.66. The molecule has 0 saturated carbocycles. The first-order valence-electron chi connectivity index (χ1n) is 11.1. The van der Waals surface area contributed by atoms with Gasteiger partial charge in [0.15, 0.2) is 5.82 Å². The monoisotopic (exact) mass is 408 g/mol. The maximum Gasteiger partial charge on any atom is 0.245 e. The van der Waals surface area contributed by atoms with Gasteiger partial charge in [0, 0.05) is 25.6 Å². The van der Waals surface area contributed by atoms with E-state index in [1.54, 1.807) is 17.9 Å². The average molecular weight is 409 g/mol. The van der Waals surface area contributed by atoms with Gasteiger partial charge in [-0.25, -0.2) is 0 Å². The van der Waals surface area contributed by atoms with E-state index < -0.39 is 0 Å². The van der Waals surface area contributed by atoms with E-state index in [0.29, 0.717) is 24.5 Å². The minimum atomic E-state index is -0.252. The molecule has 0 aliphatic rings. The van der Waals surface area contributed by atoms with Gasteiger partial charge in [-0.3, -0.25) is 9.59 Å². The second-order valence-electron chi connectivity index (χ2n) is 8.07. The number of amides is 2. The van der Waals surface area contributed by atoms with Gasteiger partial charge in [0.05, 0.1) is 6.54 Å². The highest BCUT2D eigenvalue weighted by atomic mass is 16.5. The Morgan fingerprint density at radius 1 is 1.00 bits per heavy atom. The molecule has 0 aliphatic heterocycles. The van der Waals surface area contributed by atoms with Crippen LogP contribution in [-0.4, -0.2) is 60.5 Å². The Morgan fingerprint density at radius 3 is 2.17 bits per heavy atom. The molecule has 0 radical (unpaired) electrons. The lowest BCUT2D eigenvalue weighted by molar-refractivity contribution is -0.135. The van der Waals surface area contributed by atoms with Crippen molar-refractivity contribution >= 4 is 17.6 Å². The van der Waals surface area contributed by atoms with Crippen LogP contribution in [0.4, 0.5) is 5.82 Å². The molecule has 7 heteroatoms. The fraction of sp³-hybridized carbons (Fsp3) is 0.773. The van der Waals surface area contributed by atoms with Crippen LogP contribution in [0.2, 0.25) is 0 Å². The van der Waals surface area contributed by atoms with Gasteiger partial charge in [-0.05, 0) is 27.4 Å². The van der Waals surface area contributed by atoms with Crippen molar-refractivity contribution in [2.45, 2.75) is 78.1 Å². The van der Waals surface area contributed by atoms with Gasteiger partial charge in [0.2, 0.25) is 11.8 Å². The topological polar surface area (TPSA) is 78.7 Å². The lowest BCUT2D eigenvalue weighted by Gasteiger charge is -2.24. The third-order valence-corrected chi connectivity index (χ3v) is 4.89. The first kappa shape index (κ1) is 25.1. The minimum Gasteiger partial charge on any atom is -0.360 e. The van der Waals surface area contributed by atoms with Crippen LogP contribution < -0.4 is 5.32 Å². The molecule has 0 atom stereocenters. The number of aryl methyl sites for hydroxylation is 1. The summed E-state index contributed by atoms with van der Waals surface area (Å²) in [5.74, 6) is 0.802. The van der Waals surface area contributed by atoms with Crippen molar-refractivity contribution in [2.24, 2.45) is 0 Å². The third kappa shape index (κ3) is 12.3. The number of hydrogen-bond donors (Lipinski definition) is 1. The quantitative estimate of drug-likeness (QED) is 0.414. The Hall–Kier alpha value is -1.89. The van der Waals surface area contributed by atoms with Crippen molar-refractivity contribution < 1.29 is 14.1 Å². The minimum absolute atomic E-state index is 0.0377. The summed E-state index contributed by atoms with van der Waals surface area (Å²) in [4.78, 5) is 28.6. The second-order valence-corrected chi connectivity index (χ2v) is 8.07. The van der Waals surface area contributed by atoms with Crippen LogP contribution in [0.25, 0.3) is 0 Å². The van der Waals surface area contributed by atoms with Gasteiger partial charge in [-0.2, -0.15) is 0 Å². The molecule has 1 N–H and O–H groups in total. The van der Waals surface area contributed by atoms with Gasteiger partial charge >= 0.3 is 0 Å². The lowest BCUT2D eigenvalue weighted by Crippen LogP contribution is -2.41. The number of nitrogens with zero attached hydrogens (tertiary/aromatic N) is 3. The number of likely N-dealkylation sites (N-methyl/N-ethyl adjacent to an activating group) is 1. The van der Waals surface area contributed by atoms with E-state index in [4.69, 9.17) is 4.52 Å². The average Bonchev–Trinajstić information content (AvgIpc) is 3.07. The number of unbranched alkanes of at least 4 members (excludes halogenated alkanes) is 8. The van der Waals surface area contributed by atoms with Crippen LogP contribution in [0, 0.1) is 6.92 Å². The molecule has 0 aliphatic carbocycles. The predicted molar refractivity (Wildman–Crippen MR) is 117 cm³/mol. The second kappa shape index (κ2) is 15.0. The molecule has 0 spiro atoms. The van der Waals surface area contributed by atoms with Gasteiger partial charge in [0.25, 0.3) is 0 Å². The van der Waals surface area contributed by atoms with Crippen molar-refractivity contribution in [1.82, 2.24) is 15.0 Å². The summed E-state index contributed by atoms with van der Waals surface area (Å²) < 4.78 is 4.96. The molecular weight excluding hydrogens is 368 g/mol. The van der Waals surface area contributed by atoms with E-state index in [0.717, 1.165) is 19.4 Å². The molecular formula is C22H40N4O3. The molecule has 1 rings (SSSR count). The standard InChI is InChI=1S/C22H40N4O3/c1-5-6-7-8-9-10-11-12-13-14-22(28)26(16-15-25(3)4)18-21(27)23-20-17-19(2)29-24-20/h17H,5-16,18H2,1-4H3,(H,23,24,27). The summed E-state index contributed by atoms with van der Waals surface area (Å²) in [6.45, 7) is 5.29. The fourth-order valence-corrected chi connectivity index (χ4v) is 3.14. The van der Waals surface area contributed by atoms with Crippen LogP contribution >= 0.6 is 0 Å². The summed E-state index contributed by atoms with van der Waals surface area (Å²) in [6.07, 6.45) is 11.5. The first-order chi connectivity index (χ1) is 13.9. The zero-order valence-electron chi connectivity index (χ0n) is 18.8. The molecule has 0 fully saturated rings. The van der Waals surface area contributed by atoms with E-state index in [2.05, 4.69) is 17.4 Å². The Labute approximate surface area is 176 Å². The third-order valence-electron chi connectivity index (χ3n) is 4.89. The number of anilines is 1. The van der Waals surface area contributed by atoms with Crippen molar-refractivity contribution in [1.29, 1.82) is 0 Å². The maximum absolute atomic E-state index is 12.6. The van der Waals surface area contributed by atoms with Crippen LogP contribution in [-0.2, 0) is 9.59 Å². The normalized spacial score (nSPS) is 11.1. The Bertz CT molecular complexity index is 586. The van der Waals surface area contributed by atoms with E-state index in [1.165, 1.54) is 44.9 Å². The molecule has 166 valence electrons. The summed E-state index contributed by atoms with van der Waals surface area (Å²) in [7, 11) is 3.92. The summed E-state index contributed by atoms with van der Waals surface area (Å²) in [5, 5.41) is 6.45. The molecule has 29 heavy (non-hydrogen) atoms. The largest absolute Gasteiger partial charge is 0.360 e. The zero-order chi connectivity index (χ0) is 21.5. The number of carbonyl (C=O) groups is 2. The highest BCUT2D eigenvalue weighted by Gasteiger charge is 2.18. The van der Waals surface area contributed by atoms with Gasteiger partial charge in [0.1, 0.15) is 5.76 Å². The predicted octanol–water partition coefficient (Wildman–Crippen LogP) is 4.23. The van der Waals surface area contributed by atoms with Gasteiger partial charge < -0.3 is 19.6 Å². The summed E-state index contributed by atoms with van der Waals surface area (Å²) >= 11 is 0. The maximum atomic E-state index is 12.6. The molecule has 0 bridgehead atoms. The SMILES string of the molecule is CCCCCCCCCCCC(=O)N(CCN(C)C)CC(=O)Nc1cc(C)on1. The Morgan fingerprint density at radius 2 is 1.62 bits per heavy atom. The van der Waals surface area contributed by atoms with Crippen molar-refractivity contribution in [3.8, 4) is 0 Å². The van der Waals surface area contributed by atoms with Gasteiger partial charge in [-0.15, -0.1) is 0 Å². The molecule has 1 heterocycles. The molecule has 0 aromatic carbocycles. The first-order valence-corrected chi connectivity index (χ1v) is 11.1. The van der Waals surface area contributed by atoms with E-state index in [9.17, 15) is 9.59 Å². The van der Waals surface area contributed by atoms with E-state index in [-0.39, 0.29) is 18.4 Å². The van der Waals surface area contributed by atoms with Crippen molar-refractivity contribution in [2.75, 3.05) is 39.0 Å². The Kier molecular flexibility index (Phi) is 13.0. The number of carbonyl (C=O) groups excluding carboxylic acids is 2. The van der Waals surface area contributed by atoms with Crippen LogP contribution in [0.5, 0.6) is 0 Å². The van der Waals surface area contributed by atoms with E-state index in [1.807, 2.05) is 19.0 Å². The molecule has 0 unspecified atom stereocenters. The zero-order valence-corrected chi connectivity index (χ0v) is 18.8. The van der Waals surface area contributed by atoms with Crippen LogP contribution in [0.15, 0.2) is 10.6 Å².